The van der Waals surface area contributed by atoms with Gasteiger partial charge in [0.15, 0.2) is 11.6 Å². The SMILES string of the molecule is C[C@H]1[C@H](F)C[C@@H](C(=O)NCc2cc(-c3cnc(C(F)(F)F)nc3)cc(F)c2F)N1S(=O)(=O)c1ccc(F)cc1. The van der Waals surface area contributed by atoms with E-state index in [1.165, 1.54) is 6.92 Å². The number of sulfonamides is 1. The molecule has 1 fully saturated rings. The minimum Gasteiger partial charge on any atom is -0.351 e. The van der Waals surface area contributed by atoms with Gasteiger partial charge in [-0.15, -0.1) is 0 Å². The zero-order chi connectivity index (χ0) is 28.7. The summed E-state index contributed by atoms with van der Waals surface area (Å²) in [6, 6.07) is 2.66. The average Bonchev–Trinajstić information content (AvgIpc) is 3.19. The van der Waals surface area contributed by atoms with E-state index in [0.29, 0.717) is 10.4 Å². The second-order valence-electron chi connectivity index (χ2n) is 8.74. The van der Waals surface area contributed by atoms with Crippen LogP contribution in [0.2, 0.25) is 0 Å². The number of carbonyl (C=O) groups excluding carboxylic acids is 1. The molecule has 3 aromatic rings. The third-order valence-corrected chi connectivity index (χ3v) is 8.18. The predicted molar refractivity (Wildman–Crippen MR) is 122 cm³/mol. The van der Waals surface area contributed by atoms with Crippen LogP contribution in [-0.4, -0.2) is 46.9 Å². The molecule has 15 heteroatoms. The monoisotopic (exact) mass is 576 g/mol. The van der Waals surface area contributed by atoms with Gasteiger partial charge in [0, 0.05) is 36.5 Å². The largest absolute Gasteiger partial charge is 0.451 e. The number of halogens is 7. The van der Waals surface area contributed by atoms with Crippen LogP contribution in [0.5, 0.6) is 0 Å². The molecular weight excluding hydrogens is 557 g/mol. The topological polar surface area (TPSA) is 92.3 Å². The number of hydrogen-bond donors (Lipinski definition) is 1. The molecular formula is C24H19F7N4O3S. The van der Waals surface area contributed by atoms with Crippen LogP contribution in [0.1, 0.15) is 24.7 Å². The minimum atomic E-state index is -4.81. The lowest BCUT2D eigenvalue weighted by Gasteiger charge is -2.27. The van der Waals surface area contributed by atoms with Crippen molar-refractivity contribution in [2.45, 2.75) is 49.2 Å². The Morgan fingerprint density at radius 1 is 1.05 bits per heavy atom. The minimum absolute atomic E-state index is 0.0732. The van der Waals surface area contributed by atoms with Crippen LogP contribution in [0.25, 0.3) is 11.1 Å². The third-order valence-electron chi connectivity index (χ3n) is 6.17. The highest BCUT2D eigenvalue weighted by Crippen LogP contribution is 2.33. The van der Waals surface area contributed by atoms with Crippen LogP contribution < -0.4 is 5.32 Å². The van der Waals surface area contributed by atoms with Gasteiger partial charge in [0.1, 0.15) is 18.0 Å². The molecule has 2 heterocycles. The Balaban J connectivity index is 1.56. The van der Waals surface area contributed by atoms with Crippen molar-refractivity contribution in [1.82, 2.24) is 19.6 Å². The smallest absolute Gasteiger partial charge is 0.351 e. The summed E-state index contributed by atoms with van der Waals surface area (Å²) in [7, 11) is -4.45. The van der Waals surface area contributed by atoms with Gasteiger partial charge in [0.05, 0.1) is 10.9 Å². The molecule has 1 aromatic heterocycles. The van der Waals surface area contributed by atoms with Gasteiger partial charge >= 0.3 is 6.18 Å². The molecule has 1 saturated heterocycles. The van der Waals surface area contributed by atoms with Crippen molar-refractivity contribution in [3.8, 4) is 11.1 Å². The molecule has 208 valence electrons. The summed E-state index contributed by atoms with van der Waals surface area (Å²) in [5.41, 5.74) is -0.587. The second-order valence-corrected chi connectivity index (χ2v) is 10.6. The molecule has 1 amide bonds. The summed E-state index contributed by atoms with van der Waals surface area (Å²) in [5, 5.41) is 2.26. The predicted octanol–water partition coefficient (Wildman–Crippen LogP) is 4.39. The van der Waals surface area contributed by atoms with Crippen LogP contribution in [0.15, 0.2) is 53.7 Å². The summed E-state index contributed by atoms with van der Waals surface area (Å²) in [4.78, 5) is 18.9. The van der Waals surface area contributed by atoms with E-state index < -0.39 is 82.2 Å². The fourth-order valence-corrected chi connectivity index (χ4v) is 5.97. The maximum Gasteiger partial charge on any atom is 0.451 e. The van der Waals surface area contributed by atoms with E-state index in [2.05, 4.69) is 15.3 Å². The van der Waals surface area contributed by atoms with Crippen LogP contribution in [0, 0.1) is 17.5 Å². The van der Waals surface area contributed by atoms with E-state index in [1.54, 1.807) is 0 Å². The van der Waals surface area contributed by atoms with Gasteiger partial charge in [0.2, 0.25) is 21.8 Å². The first-order valence-corrected chi connectivity index (χ1v) is 12.7. The summed E-state index contributed by atoms with van der Waals surface area (Å²) < 4.78 is 122. The fraction of sp³-hybridized carbons (Fsp3) is 0.292. The number of aromatic nitrogens is 2. The van der Waals surface area contributed by atoms with Gasteiger partial charge < -0.3 is 5.32 Å². The Hall–Kier alpha value is -3.59. The van der Waals surface area contributed by atoms with Crippen LogP contribution in [-0.2, 0) is 27.5 Å². The summed E-state index contributed by atoms with van der Waals surface area (Å²) in [5.74, 6) is -5.89. The highest BCUT2D eigenvalue weighted by Gasteiger charge is 2.49. The van der Waals surface area contributed by atoms with E-state index in [0.717, 1.165) is 42.7 Å². The summed E-state index contributed by atoms with van der Waals surface area (Å²) in [6.45, 7) is 0.590. The number of alkyl halides is 4. The van der Waals surface area contributed by atoms with Gasteiger partial charge in [-0.05, 0) is 48.9 Å². The lowest BCUT2D eigenvalue weighted by molar-refractivity contribution is -0.145. The van der Waals surface area contributed by atoms with Crippen LogP contribution in [0.3, 0.4) is 0 Å². The molecule has 0 unspecified atom stereocenters. The molecule has 39 heavy (non-hydrogen) atoms. The normalized spacial score (nSPS) is 20.3. The van der Waals surface area contributed by atoms with Crippen molar-refractivity contribution < 1.29 is 43.9 Å². The van der Waals surface area contributed by atoms with E-state index >= 15 is 0 Å². The van der Waals surface area contributed by atoms with E-state index in [9.17, 15) is 43.9 Å². The molecule has 1 N–H and O–H groups in total. The average molecular weight is 576 g/mol. The molecule has 0 radical (unpaired) electrons. The lowest BCUT2D eigenvalue weighted by Crippen LogP contribution is -2.48. The Morgan fingerprint density at radius 3 is 2.26 bits per heavy atom. The Bertz CT molecular complexity index is 1480. The first-order chi connectivity index (χ1) is 18.2. The number of rotatable bonds is 6. The highest BCUT2D eigenvalue weighted by atomic mass is 32.2. The number of benzene rings is 2. The molecule has 2 aromatic carbocycles. The van der Waals surface area contributed by atoms with Crippen LogP contribution in [0.4, 0.5) is 30.7 Å². The number of nitrogens with zero attached hydrogens (tertiary/aromatic N) is 3. The van der Waals surface area contributed by atoms with Crippen molar-refractivity contribution in [2.75, 3.05) is 0 Å². The Labute approximate surface area is 217 Å². The number of nitrogens with one attached hydrogen (secondary N) is 1. The number of carbonyl (C=O) groups is 1. The van der Waals surface area contributed by atoms with Crippen molar-refractivity contribution in [3.63, 3.8) is 0 Å². The molecule has 7 nitrogen and oxygen atoms in total. The molecule has 0 saturated carbocycles. The zero-order valence-electron chi connectivity index (χ0n) is 19.9. The van der Waals surface area contributed by atoms with Crippen LogP contribution >= 0.6 is 0 Å². The van der Waals surface area contributed by atoms with Gasteiger partial charge in [0.25, 0.3) is 0 Å². The first kappa shape index (κ1) is 28.4. The standard InChI is InChI=1S/C24H19F7N4O3S/c1-12-18(26)8-20(35(12)39(37,38)17-4-2-16(25)3-5-17)22(36)32-9-14-6-13(7-19(27)21(14)28)15-10-33-23(34-11-15)24(29,30)31/h2-7,10-12,18,20H,8-9H2,1H3,(H,32,36)/t12-,18+,20-/m0/s1. The molecule has 4 rings (SSSR count). The second kappa shape index (κ2) is 10.5. The quantitative estimate of drug-likeness (QED) is 0.440. The molecule has 0 bridgehead atoms. The summed E-state index contributed by atoms with van der Waals surface area (Å²) >= 11 is 0. The van der Waals surface area contributed by atoms with Gasteiger partial charge in [-0.25, -0.2) is 35.9 Å². The third kappa shape index (κ3) is 5.73. The zero-order valence-corrected chi connectivity index (χ0v) is 20.7. The fourth-order valence-electron chi connectivity index (χ4n) is 4.16. The maximum atomic E-state index is 14.6. The van der Waals surface area contributed by atoms with Crippen molar-refractivity contribution in [1.29, 1.82) is 0 Å². The highest BCUT2D eigenvalue weighted by molar-refractivity contribution is 7.89. The summed E-state index contributed by atoms with van der Waals surface area (Å²) in [6.07, 6.45) is -5.52. The Morgan fingerprint density at radius 2 is 1.67 bits per heavy atom. The van der Waals surface area contributed by atoms with E-state index in [-0.39, 0.29) is 16.0 Å². The number of amides is 1. The maximum absolute atomic E-state index is 14.6. The lowest BCUT2D eigenvalue weighted by atomic mass is 10.0. The van der Waals surface area contributed by atoms with Gasteiger partial charge in [-0.2, -0.15) is 17.5 Å². The molecule has 1 aliphatic heterocycles. The van der Waals surface area contributed by atoms with Crippen molar-refractivity contribution in [3.05, 3.63) is 77.6 Å². The number of hydrogen-bond acceptors (Lipinski definition) is 5. The molecule has 1 aliphatic rings. The van der Waals surface area contributed by atoms with Gasteiger partial charge in [-0.3, -0.25) is 4.79 Å². The van der Waals surface area contributed by atoms with Crippen molar-refractivity contribution in [2.24, 2.45) is 0 Å². The molecule has 0 spiro atoms. The Kier molecular flexibility index (Phi) is 7.67. The first-order valence-electron chi connectivity index (χ1n) is 11.3. The van der Waals surface area contributed by atoms with Gasteiger partial charge in [-0.1, -0.05) is 0 Å². The molecule has 0 aliphatic carbocycles. The van der Waals surface area contributed by atoms with E-state index in [1.807, 2.05) is 0 Å². The van der Waals surface area contributed by atoms with E-state index in [4.69, 9.17) is 0 Å². The molecule has 3 atom stereocenters. The van der Waals surface area contributed by atoms with Crippen molar-refractivity contribution >= 4 is 15.9 Å².